The maximum absolute atomic E-state index is 0. The van der Waals surface area contributed by atoms with E-state index in [1.165, 1.54) is 0 Å². The van der Waals surface area contributed by atoms with Crippen LogP contribution in [0.4, 0.5) is 0 Å². The molecule has 0 aliphatic rings. The van der Waals surface area contributed by atoms with E-state index in [-0.39, 0.29) is 68.8 Å². The summed E-state index contributed by atoms with van der Waals surface area (Å²) in [6.07, 6.45) is 0. The molecular formula is CoPPtW. The Morgan fingerprint density at radius 1 is 1.00 bits per heavy atom. The minimum Gasteiger partial charge on any atom is 0 e. The molecule has 0 amide bonds. The van der Waals surface area contributed by atoms with Gasteiger partial charge in [0.05, 0.1) is 0 Å². The van der Waals surface area contributed by atoms with E-state index in [0.717, 1.165) is 0 Å². The summed E-state index contributed by atoms with van der Waals surface area (Å²) in [5.74, 6) is 0. The van der Waals surface area contributed by atoms with Gasteiger partial charge in [-0.15, -0.1) is 0 Å². The molecule has 0 N–H and O–H groups in total. The van der Waals surface area contributed by atoms with Crippen LogP contribution in [0, 0.1) is 0 Å². The monoisotopic (exact) mass is 469 g/mol. The minimum atomic E-state index is 0. The van der Waals surface area contributed by atoms with Crippen LogP contribution in [0.1, 0.15) is 0 Å². The second-order valence-corrected chi connectivity index (χ2v) is 0. The molecule has 4 heavy (non-hydrogen) atoms. The molecule has 0 aliphatic heterocycles. The Morgan fingerprint density at radius 3 is 1.00 bits per heavy atom. The number of rotatable bonds is 0. The van der Waals surface area contributed by atoms with Gasteiger partial charge in [-0.05, 0) is 0 Å². The Kier molecular flexibility index (Phi) is 154. The first-order valence-electron chi connectivity index (χ1n) is 0. The third kappa shape index (κ3) is 8.85. The van der Waals surface area contributed by atoms with Crippen LogP contribution >= 0.6 is 9.90 Å². The fourth-order valence-electron chi connectivity index (χ4n) is 0. The van der Waals surface area contributed by atoms with Crippen molar-refractivity contribution in [1.82, 2.24) is 0 Å². The molecule has 4 radical (unpaired) electrons. The van der Waals surface area contributed by atoms with Crippen LogP contribution < -0.4 is 0 Å². The average molecular weight is 469 g/mol. The van der Waals surface area contributed by atoms with E-state index in [4.69, 9.17) is 0 Å². The summed E-state index contributed by atoms with van der Waals surface area (Å²) in [6.45, 7) is 0. The largest absolute Gasteiger partial charge is 0 e. The maximum atomic E-state index is 0. The molecule has 0 atom stereocenters. The van der Waals surface area contributed by atoms with Crippen molar-refractivity contribution >= 4 is 9.90 Å². The van der Waals surface area contributed by atoms with Crippen molar-refractivity contribution in [2.45, 2.75) is 0 Å². The van der Waals surface area contributed by atoms with E-state index in [1.54, 1.807) is 0 Å². The summed E-state index contributed by atoms with van der Waals surface area (Å²) in [6, 6.07) is 0. The summed E-state index contributed by atoms with van der Waals surface area (Å²) < 4.78 is 0. The van der Waals surface area contributed by atoms with Crippen molar-refractivity contribution < 1.29 is 58.9 Å². The standard InChI is InChI=1S/Co.P.Pt.W. The molecule has 0 heterocycles. The smallest absolute Gasteiger partial charge is 0 e. The van der Waals surface area contributed by atoms with Crippen LogP contribution in [0.2, 0.25) is 0 Å². The Morgan fingerprint density at radius 2 is 1.00 bits per heavy atom. The zero-order valence-corrected chi connectivity index (χ0v) is 8.65. The first kappa shape index (κ1) is 33.3. The van der Waals surface area contributed by atoms with Gasteiger partial charge in [0.1, 0.15) is 0 Å². The second kappa shape index (κ2) is 18.5. The molecule has 30 valence electrons. The summed E-state index contributed by atoms with van der Waals surface area (Å²) >= 11 is 0. The van der Waals surface area contributed by atoms with Gasteiger partial charge in [-0.2, -0.15) is 0 Å². The Labute approximate surface area is 68.2 Å². The third-order valence-corrected chi connectivity index (χ3v) is 0. The molecule has 4 heteroatoms. The summed E-state index contributed by atoms with van der Waals surface area (Å²) in [5.41, 5.74) is 0. The molecule has 0 aliphatic carbocycles. The van der Waals surface area contributed by atoms with Gasteiger partial charge in [0, 0.05) is 68.8 Å². The third-order valence-electron chi connectivity index (χ3n) is 0. The van der Waals surface area contributed by atoms with E-state index in [1.807, 2.05) is 0 Å². The van der Waals surface area contributed by atoms with Crippen molar-refractivity contribution in [2.24, 2.45) is 0 Å². The van der Waals surface area contributed by atoms with Gasteiger partial charge in [0.2, 0.25) is 0 Å². The van der Waals surface area contributed by atoms with Gasteiger partial charge in [-0.1, -0.05) is 0 Å². The van der Waals surface area contributed by atoms with Crippen LogP contribution in [0.5, 0.6) is 0 Å². The molecule has 0 saturated heterocycles. The van der Waals surface area contributed by atoms with E-state index in [0.29, 0.717) is 0 Å². The van der Waals surface area contributed by atoms with Crippen molar-refractivity contribution in [3.8, 4) is 0 Å². The van der Waals surface area contributed by atoms with Crippen LogP contribution in [0.25, 0.3) is 0 Å². The molecule has 0 aromatic carbocycles. The maximum Gasteiger partial charge on any atom is 0 e. The molecule has 0 aromatic heterocycles. The predicted molar refractivity (Wildman–Crippen MR) is 6.92 cm³/mol. The van der Waals surface area contributed by atoms with Crippen molar-refractivity contribution in [2.75, 3.05) is 0 Å². The van der Waals surface area contributed by atoms with E-state index >= 15 is 0 Å². The molecule has 0 bridgehead atoms. The SMILES string of the molecule is [Co].[P].[Pt].[W]. The topological polar surface area (TPSA) is 0 Å². The minimum absolute atomic E-state index is 0. The van der Waals surface area contributed by atoms with Gasteiger partial charge in [0.15, 0.2) is 0 Å². The zero-order chi connectivity index (χ0) is 0. The molecule has 0 unspecified atom stereocenters. The van der Waals surface area contributed by atoms with Crippen LogP contribution in [0.3, 0.4) is 0 Å². The van der Waals surface area contributed by atoms with Gasteiger partial charge < -0.3 is 0 Å². The van der Waals surface area contributed by atoms with Crippen molar-refractivity contribution in [1.29, 1.82) is 0 Å². The van der Waals surface area contributed by atoms with Gasteiger partial charge in [0.25, 0.3) is 0 Å². The van der Waals surface area contributed by atoms with Gasteiger partial charge in [-0.25, -0.2) is 0 Å². The second-order valence-electron chi connectivity index (χ2n) is 0. The Balaban J connectivity index is 0. The summed E-state index contributed by atoms with van der Waals surface area (Å²) in [4.78, 5) is 0. The van der Waals surface area contributed by atoms with E-state index < -0.39 is 0 Å². The molecule has 0 rings (SSSR count). The van der Waals surface area contributed by atoms with Crippen LogP contribution in [-0.2, 0) is 58.9 Å². The average Bonchev–Trinajstić information content (AvgIpc) is 0. The quantitative estimate of drug-likeness (QED) is 0.463. The van der Waals surface area contributed by atoms with Gasteiger partial charge >= 0.3 is 0 Å². The van der Waals surface area contributed by atoms with Crippen molar-refractivity contribution in [3.63, 3.8) is 0 Å². The fraction of sp³-hybridized carbons (Fsp3) is 0. The summed E-state index contributed by atoms with van der Waals surface area (Å²) in [7, 11) is 0. The molecule has 0 aromatic rings. The molecular weight excluding hydrogens is 469 g/mol. The summed E-state index contributed by atoms with van der Waals surface area (Å²) in [5, 5.41) is 0. The van der Waals surface area contributed by atoms with E-state index in [2.05, 4.69) is 0 Å². The van der Waals surface area contributed by atoms with Crippen molar-refractivity contribution in [3.05, 3.63) is 0 Å². The van der Waals surface area contributed by atoms with Crippen LogP contribution in [-0.4, -0.2) is 0 Å². The van der Waals surface area contributed by atoms with Crippen LogP contribution in [0.15, 0.2) is 0 Å². The molecule has 0 spiro atoms. The van der Waals surface area contributed by atoms with E-state index in [9.17, 15) is 0 Å². The molecule has 0 fully saturated rings. The zero-order valence-electron chi connectivity index (χ0n) is 1.51. The number of hydrogen-bond donors (Lipinski definition) is 0. The number of hydrogen-bond acceptors (Lipinski definition) is 0. The Bertz CT molecular complexity index is 8.00. The normalized spacial score (nSPS) is 0. The fourth-order valence-corrected chi connectivity index (χ4v) is 0. The first-order valence-corrected chi connectivity index (χ1v) is 0. The molecule has 0 saturated carbocycles. The van der Waals surface area contributed by atoms with Gasteiger partial charge in [-0.3, -0.25) is 0 Å². The molecule has 0 nitrogen and oxygen atoms in total. The Hall–Kier alpha value is 2.31. The first-order chi connectivity index (χ1) is 0. The predicted octanol–water partition coefficient (Wildman–Crippen LogP) is 0.854.